The number of rotatable bonds is 3. The molecule has 6 heteroatoms. The highest BCUT2D eigenvalue weighted by atomic mass is 16.6. The monoisotopic (exact) mass is 259 g/mol. The van der Waals surface area contributed by atoms with Gasteiger partial charge in [0.05, 0.1) is 12.6 Å². The van der Waals surface area contributed by atoms with Crippen molar-refractivity contribution in [2.75, 3.05) is 13.2 Å². The highest BCUT2D eigenvalue weighted by Gasteiger charge is 2.36. The summed E-state index contributed by atoms with van der Waals surface area (Å²) in [5.41, 5.74) is -0.646. The molecule has 0 aliphatic carbocycles. The molecule has 2 unspecified atom stereocenters. The molecular weight excluding hydrogens is 238 g/mol. The summed E-state index contributed by atoms with van der Waals surface area (Å²) in [6, 6.07) is -1.16. The van der Waals surface area contributed by atoms with Crippen LogP contribution < -0.4 is 0 Å². The summed E-state index contributed by atoms with van der Waals surface area (Å²) in [5, 5.41) is 9.07. The molecule has 18 heavy (non-hydrogen) atoms. The quantitative estimate of drug-likeness (QED) is 0.831. The van der Waals surface area contributed by atoms with Gasteiger partial charge < -0.3 is 14.6 Å². The molecule has 1 heterocycles. The van der Waals surface area contributed by atoms with Crippen LogP contribution in [0.3, 0.4) is 0 Å². The normalized spacial score (nSPS) is 21.4. The van der Waals surface area contributed by atoms with E-state index in [0.717, 1.165) is 0 Å². The minimum Gasteiger partial charge on any atom is -0.480 e. The van der Waals surface area contributed by atoms with Gasteiger partial charge >= 0.3 is 12.1 Å². The van der Waals surface area contributed by atoms with Crippen molar-refractivity contribution >= 4 is 12.1 Å². The molecule has 104 valence electrons. The number of ether oxygens (including phenoxy) is 2. The predicted octanol–water partition coefficient (Wildman–Crippen LogP) is 1.49. The maximum atomic E-state index is 12.1. The summed E-state index contributed by atoms with van der Waals surface area (Å²) in [6.07, 6.45) is 0.0320. The summed E-state index contributed by atoms with van der Waals surface area (Å²) < 4.78 is 10.5. The number of hydrogen-bond acceptors (Lipinski definition) is 4. The van der Waals surface area contributed by atoms with Crippen molar-refractivity contribution in [2.24, 2.45) is 0 Å². The molecule has 0 bridgehead atoms. The first kappa shape index (κ1) is 14.8. The summed E-state index contributed by atoms with van der Waals surface area (Å²) in [7, 11) is 0. The van der Waals surface area contributed by atoms with E-state index in [9.17, 15) is 9.59 Å². The summed E-state index contributed by atoms with van der Waals surface area (Å²) >= 11 is 0. The Bertz CT molecular complexity index is 317. The number of nitrogens with zero attached hydrogens (tertiary/aromatic N) is 1. The smallest absolute Gasteiger partial charge is 0.411 e. The van der Waals surface area contributed by atoms with Crippen molar-refractivity contribution in [1.82, 2.24) is 4.90 Å². The molecule has 1 saturated heterocycles. The van der Waals surface area contributed by atoms with Gasteiger partial charge in [0, 0.05) is 6.61 Å². The van der Waals surface area contributed by atoms with E-state index in [1.54, 1.807) is 20.8 Å². The van der Waals surface area contributed by atoms with Gasteiger partial charge in [-0.05, 0) is 34.1 Å². The van der Waals surface area contributed by atoms with Gasteiger partial charge in [-0.3, -0.25) is 4.90 Å². The first-order valence-corrected chi connectivity index (χ1v) is 6.04. The second-order valence-electron chi connectivity index (χ2n) is 5.42. The number of carbonyl (C=O) groups excluding carboxylic acids is 1. The van der Waals surface area contributed by atoms with Crippen LogP contribution in [0.15, 0.2) is 0 Å². The van der Waals surface area contributed by atoms with Gasteiger partial charge in [-0.1, -0.05) is 0 Å². The van der Waals surface area contributed by atoms with E-state index in [0.29, 0.717) is 19.6 Å². The Balaban J connectivity index is 2.82. The summed E-state index contributed by atoms with van der Waals surface area (Å²) in [4.78, 5) is 24.4. The van der Waals surface area contributed by atoms with E-state index in [1.165, 1.54) is 11.8 Å². The second kappa shape index (κ2) is 5.56. The molecule has 1 aliphatic rings. The van der Waals surface area contributed by atoms with E-state index in [4.69, 9.17) is 14.6 Å². The molecule has 1 fully saturated rings. The number of aliphatic carboxylic acids is 1. The molecule has 0 aromatic carbocycles. The predicted molar refractivity (Wildman–Crippen MR) is 64.4 cm³/mol. The molecule has 2 atom stereocenters. The SMILES string of the molecule is CC(C(=O)O)N(C(=O)OC(C)(C)C)C1CCOC1. The van der Waals surface area contributed by atoms with Crippen LogP contribution in [0.2, 0.25) is 0 Å². The highest BCUT2D eigenvalue weighted by molar-refractivity contribution is 5.80. The first-order chi connectivity index (χ1) is 8.22. The van der Waals surface area contributed by atoms with Crippen LogP contribution >= 0.6 is 0 Å². The molecule has 6 nitrogen and oxygen atoms in total. The zero-order chi connectivity index (χ0) is 13.9. The topological polar surface area (TPSA) is 76.1 Å². The minimum absolute atomic E-state index is 0.231. The van der Waals surface area contributed by atoms with Crippen LogP contribution in [-0.4, -0.2) is 53.0 Å². The van der Waals surface area contributed by atoms with Gasteiger partial charge in [-0.15, -0.1) is 0 Å². The van der Waals surface area contributed by atoms with Gasteiger partial charge in [0.15, 0.2) is 0 Å². The molecule has 0 aromatic rings. The Morgan fingerprint density at radius 2 is 2.06 bits per heavy atom. The Hall–Kier alpha value is -1.30. The molecule has 1 rings (SSSR count). The van der Waals surface area contributed by atoms with E-state index in [1.807, 2.05) is 0 Å². The van der Waals surface area contributed by atoms with Crippen molar-refractivity contribution in [2.45, 2.75) is 51.8 Å². The number of carboxylic acid groups (broad SMARTS) is 1. The third-order valence-electron chi connectivity index (χ3n) is 2.68. The van der Waals surface area contributed by atoms with Crippen molar-refractivity contribution in [1.29, 1.82) is 0 Å². The van der Waals surface area contributed by atoms with Crippen LogP contribution in [0.5, 0.6) is 0 Å². The molecule has 0 spiro atoms. The van der Waals surface area contributed by atoms with Crippen molar-refractivity contribution < 1.29 is 24.2 Å². The fourth-order valence-electron chi connectivity index (χ4n) is 1.80. The van der Waals surface area contributed by atoms with Gasteiger partial charge in [0.25, 0.3) is 0 Å². The number of carboxylic acids is 1. The molecular formula is C12H21NO5. The zero-order valence-corrected chi connectivity index (χ0v) is 11.3. The highest BCUT2D eigenvalue weighted by Crippen LogP contribution is 2.19. The van der Waals surface area contributed by atoms with Gasteiger partial charge in [0.1, 0.15) is 11.6 Å². The van der Waals surface area contributed by atoms with Crippen LogP contribution in [0.1, 0.15) is 34.1 Å². The number of carbonyl (C=O) groups is 2. The van der Waals surface area contributed by atoms with Crippen molar-refractivity contribution in [3.8, 4) is 0 Å². The standard InChI is InChI=1S/C12H21NO5/c1-8(10(14)15)13(9-5-6-17-7-9)11(16)18-12(2,3)4/h8-9H,5-7H2,1-4H3,(H,14,15). The first-order valence-electron chi connectivity index (χ1n) is 6.04. The Morgan fingerprint density at radius 1 is 1.44 bits per heavy atom. The average Bonchev–Trinajstić information content (AvgIpc) is 2.67. The maximum absolute atomic E-state index is 12.1. The van der Waals surface area contributed by atoms with E-state index in [-0.39, 0.29) is 6.04 Å². The Kier molecular flexibility index (Phi) is 4.56. The van der Waals surface area contributed by atoms with Gasteiger partial charge in [-0.2, -0.15) is 0 Å². The summed E-state index contributed by atoms with van der Waals surface area (Å²) in [5.74, 6) is -1.05. The fourth-order valence-corrected chi connectivity index (χ4v) is 1.80. The van der Waals surface area contributed by atoms with E-state index >= 15 is 0 Å². The van der Waals surface area contributed by atoms with Crippen LogP contribution in [0.4, 0.5) is 4.79 Å². The lowest BCUT2D eigenvalue weighted by Crippen LogP contribution is -2.51. The molecule has 0 saturated carbocycles. The maximum Gasteiger partial charge on any atom is 0.411 e. The third-order valence-corrected chi connectivity index (χ3v) is 2.68. The lowest BCUT2D eigenvalue weighted by molar-refractivity contribution is -0.143. The van der Waals surface area contributed by atoms with Crippen LogP contribution in [0, 0.1) is 0 Å². The third kappa shape index (κ3) is 3.87. The number of hydrogen-bond donors (Lipinski definition) is 1. The van der Waals surface area contributed by atoms with Gasteiger partial charge in [0.2, 0.25) is 0 Å². The molecule has 1 N–H and O–H groups in total. The summed E-state index contributed by atoms with van der Waals surface area (Å²) in [6.45, 7) is 7.62. The lowest BCUT2D eigenvalue weighted by Gasteiger charge is -2.33. The average molecular weight is 259 g/mol. The molecule has 0 aromatic heterocycles. The zero-order valence-electron chi connectivity index (χ0n) is 11.3. The second-order valence-corrected chi connectivity index (χ2v) is 5.42. The van der Waals surface area contributed by atoms with E-state index < -0.39 is 23.7 Å². The van der Waals surface area contributed by atoms with Crippen LogP contribution in [0.25, 0.3) is 0 Å². The Morgan fingerprint density at radius 3 is 2.44 bits per heavy atom. The van der Waals surface area contributed by atoms with Crippen molar-refractivity contribution in [3.05, 3.63) is 0 Å². The molecule has 1 aliphatic heterocycles. The van der Waals surface area contributed by atoms with Crippen LogP contribution in [-0.2, 0) is 14.3 Å². The minimum atomic E-state index is -1.05. The Labute approximate surface area is 107 Å². The largest absolute Gasteiger partial charge is 0.480 e. The molecule has 1 amide bonds. The number of amides is 1. The van der Waals surface area contributed by atoms with Crippen molar-refractivity contribution in [3.63, 3.8) is 0 Å². The lowest BCUT2D eigenvalue weighted by atomic mass is 10.1. The van der Waals surface area contributed by atoms with E-state index in [2.05, 4.69) is 0 Å². The fraction of sp³-hybridized carbons (Fsp3) is 0.833. The van der Waals surface area contributed by atoms with Gasteiger partial charge in [-0.25, -0.2) is 9.59 Å². The molecule has 0 radical (unpaired) electrons.